The molecule has 0 N–H and O–H groups in total. The summed E-state index contributed by atoms with van der Waals surface area (Å²) in [6.45, 7) is 2.63. The van der Waals surface area contributed by atoms with Crippen molar-refractivity contribution in [1.29, 1.82) is 0 Å². The second-order valence-corrected chi connectivity index (χ2v) is 6.49. The average molecular weight is 298 g/mol. The van der Waals surface area contributed by atoms with Crippen molar-refractivity contribution in [1.82, 2.24) is 9.78 Å². The zero-order valence-electron chi connectivity index (χ0n) is 11.7. The number of hydrogen-bond acceptors (Lipinski definition) is 5. The highest BCUT2D eigenvalue weighted by molar-refractivity contribution is 7.85. The van der Waals surface area contributed by atoms with Gasteiger partial charge in [-0.1, -0.05) is 6.92 Å². The van der Waals surface area contributed by atoms with Crippen LogP contribution >= 0.6 is 0 Å². The summed E-state index contributed by atoms with van der Waals surface area (Å²) in [5.74, 6) is 0.790. The Morgan fingerprint density at radius 1 is 1.40 bits per heavy atom. The van der Waals surface area contributed by atoms with Crippen molar-refractivity contribution < 1.29 is 17.3 Å². The fourth-order valence-electron chi connectivity index (χ4n) is 1.91. The summed E-state index contributed by atoms with van der Waals surface area (Å²) in [5, 5.41) is 5.33. The second-order valence-electron chi connectivity index (χ2n) is 4.85. The van der Waals surface area contributed by atoms with Crippen molar-refractivity contribution in [2.24, 2.45) is 5.92 Å². The van der Waals surface area contributed by atoms with Crippen LogP contribution in [0.25, 0.3) is 10.9 Å². The number of methoxy groups -OCH3 is 1. The molecular weight excluding hydrogens is 280 g/mol. The second kappa shape index (κ2) is 5.80. The molecule has 6 nitrogen and oxygen atoms in total. The summed E-state index contributed by atoms with van der Waals surface area (Å²) >= 11 is 0. The molecule has 20 heavy (non-hydrogen) atoms. The van der Waals surface area contributed by atoms with Crippen LogP contribution in [0.1, 0.15) is 6.92 Å². The molecular formula is C13H18N2O4S. The van der Waals surface area contributed by atoms with E-state index in [0.29, 0.717) is 6.54 Å². The molecule has 0 aliphatic heterocycles. The number of fused-ring (bicyclic) bond motifs is 1. The van der Waals surface area contributed by atoms with Crippen LogP contribution < -0.4 is 4.74 Å². The van der Waals surface area contributed by atoms with E-state index >= 15 is 0 Å². The Labute approximate surface area is 118 Å². The first-order valence-electron chi connectivity index (χ1n) is 6.23. The van der Waals surface area contributed by atoms with Gasteiger partial charge in [-0.15, -0.1) is 0 Å². The van der Waals surface area contributed by atoms with Gasteiger partial charge in [0.15, 0.2) is 0 Å². The number of nitrogens with zero attached hydrogens (tertiary/aromatic N) is 2. The first-order valence-corrected chi connectivity index (χ1v) is 8.04. The van der Waals surface area contributed by atoms with Crippen molar-refractivity contribution in [3.8, 4) is 5.75 Å². The maximum Gasteiger partial charge on any atom is 0.264 e. The summed E-state index contributed by atoms with van der Waals surface area (Å²) in [5.41, 5.74) is 0.954. The summed E-state index contributed by atoms with van der Waals surface area (Å²) in [4.78, 5) is 0. The van der Waals surface area contributed by atoms with Crippen molar-refractivity contribution in [2.45, 2.75) is 13.5 Å². The summed E-state index contributed by atoms with van der Waals surface area (Å²) < 4.78 is 33.8. The van der Waals surface area contributed by atoms with Crippen LogP contribution in [-0.4, -0.2) is 38.2 Å². The molecule has 0 aliphatic carbocycles. The summed E-state index contributed by atoms with van der Waals surface area (Å²) in [7, 11) is -1.79. The van der Waals surface area contributed by atoms with Crippen LogP contribution in [0.3, 0.4) is 0 Å². The average Bonchev–Trinajstić information content (AvgIpc) is 2.78. The molecule has 1 atom stereocenters. The third-order valence-electron chi connectivity index (χ3n) is 2.90. The SMILES string of the molecule is COc1ccc2cnn(CC(C)COS(C)(=O)=O)c2c1. The Kier molecular flexibility index (Phi) is 4.29. The quantitative estimate of drug-likeness (QED) is 0.758. The molecule has 0 saturated heterocycles. The fraction of sp³-hybridized carbons (Fsp3) is 0.462. The molecule has 110 valence electrons. The molecule has 0 radical (unpaired) electrons. The van der Waals surface area contributed by atoms with Crippen LogP contribution in [0.2, 0.25) is 0 Å². The molecule has 0 bridgehead atoms. The lowest BCUT2D eigenvalue weighted by atomic mass is 10.2. The number of aromatic nitrogens is 2. The Balaban J connectivity index is 2.13. The summed E-state index contributed by atoms with van der Waals surface area (Å²) in [6, 6.07) is 5.73. The smallest absolute Gasteiger partial charge is 0.264 e. The molecule has 0 amide bonds. The molecule has 0 spiro atoms. The van der Waals surface area contributed by atoms with Gasteiger partial charge in [-0.25, -0.2) is 0 Å². The van der Waals surface area contributed by atoms with E-state index < -0.39 is 10.1 Å². The van der Waals surface area contributed by atoms with E-state index in [1.165, 1.54) is 0 Å². The van der Waals surface area contributed by atoms with Gasteiger partial charge in [0.2, 0.25) is 0 Å². The van der Waals surface area contributed by atoms with E-state index in [1.54, 1.807) is 13.3 Å². The first-order chi connectivity index (χ1) is 9.39. The largest absolute Gasteiger partial charge is 0.497 e. The van der Waals surface area contributed by atoms with Crippen LogP contribution in [0.4, 0.5) is 0 Å². The van der Waals surface area contributed by atoms with Crippen LogP contribution in [0, 0.1) is 5.92 Å². The minimum atomic E-state index is -3.40. The maximum absolute atomic E-state index is 11.0. The Hall–Kier alpha value is -1.60. The molecule has 7 heteroatoms. The highest BCUT2D eigenvalue weighted by Gasteiger charge is 2.11. The monoisotopic (exact) mass is 298 g/mol. The van der Waals surface area contributed by atoms with Gasteiger partial charge in [-0.05, 0) is 12.1 Å². The van der Waals surface area contributed by atoms with Gasteiger partial charge in [0.1, 0.15) is 5.75 Å². The lowest BCUT2D eigenvalue weighted by Gasteiger charge is -2.12. The van der Waals surface area contributed by atoms with Gasteiger partial charge in [0, 0.05) is 23.9 Å². The molecule has 2 aromatic rings. The van der Waals surface area contributed by atoms with E-state index in [-0.39, 0.29) is 12.5 Å². The molecule has 1 aromatic carbocycles. The van der Waals surface area contributed by atoms with E-state index in [2.05, 4.69) is 5.10 Å². The minimum absolute atomic E-state index is 0.0269. The normalized spacial score (nSPS) is 13.6. The first kappa shape index (κ1) is 14.8. The Morgan fingerprint density at radius 3 is 2.80 bits per heavy atom. The van der Waals surface area contributed by atoms with Gasteiger partial charge in [0.25, 0.3) is 10.1 Å². The number of hydrogen-bond donors (Lipinski definition) is 0. The standard InChI is InChI=1S/C13H18N2O4S/c1-10(9-19-20(3,16)17)8-15-13-6-12(18-2)5-4-11(13)7-14-15/h4-7,10H,8-9H2,1-3H3. The van der Waals surface area contributed by atoms with Crippen LogP contribution in [0.5, 0.6) is 5.75 Å². The van der Waals surface area contributed by atoms with Crippen LogP contribution in [-0.2, 0) is 20.8 Å². The fourth-order valence-corrected chi connectivity index (χ4v) is 2.39. The van der Waals surface area contributed by atoms with Gasteiger partial charge in [0.05, 0.1) is 31.7 Å². The van der Waals surface area contributed by atoms with Crippen molar-refractivity contribution >= 4 is 21.0 Å². The van der Waals surface area contributed by atoms with Gasteiger partial charge >= 0.3 is 0 Å². The third-order valence-corrected chi connectivity index (χ3v) is 3.47. The van der Waals surface area contributed by atoms with E-state index in [1.807, 2.05) is 29.8 Å². The highest BCUT2D eigenvalue weighted by atomic mass is 32.2. The Morgan fingerprint density at radius 2 is 2.15 bits per heavy atom. The molecule has 0 fully saturated rings. The lowest BCUT2D eigenvalue weighted by molar-refractivity contribution is 0.248. The highest BCUT2D eigenvalue weighted by Crippen LogP contribution is 2.21. The zero-order valence-corrected chi connectivity index (χ0v) is 12.6. The van der Waals surface area contributed by atoms with E-state index in [0.717, 1.165) is 22.9 Å². The molecule has 0 saturated carbocycles. The number of rotatable bonds is 6. The zero-order chi connectivity index (χ0) is 14.8. The van der Waals surface area contributed by atoms with Gasteiger partial charge in [-0.2, -0.15) is 13.5 Å². The Bertz CT molecular complexity index is 693. The predicted octanol–water partition coefficient (Wildman–Crippen LogP) is 1.66. The van der Waals surface area contributed by atoms with Crippen molar-refractivity contribution in [3.05, 3.63) is 24.4 Å². The summed E-state index contributed by atoms with van der Waals surface area (Å²) in [6.07, 6.45) is 2.83. The number of ether oxygens (including phenoxy) is 1. The van der Waals surface area contributed by atoms with Crippen molar-refractivity contribution in [3.63, 3.8) is 0 Å². The van der Waals surface area contributed by atoms with Gasteiger partial charge < -0.3 is 4.74 Å². The number of benzene rings is 1. The minimum Gasteiger partial charge on any atom is -0.497 e. The predicted molar refractivity (Wildman–Crippen MR) is 76.2 cm³/mol. The molecule has 1 unspecified atom stereocenters. The van der Waals surface area contributed by atoms with E-state index in [4.69, 9.17) is 8.92 Å². The maximum atomic E-state index is 11.0. The molecule has 1 aromatic heterocycles. The lowest BCUT2D eigenvalue weighted by Crippen LogP contribution is -2.16. The van der Waals surface area contributed by atoms with E-state index in [9.17, 15) is 8.42 Å². The molecule has 0 aliphatic rings. The van der Waals surface area contributed by atoms with Crippen LogP contribution in [0.15, 0.2) is 24.4 Å². The molecule has 2 rings (SSSR count). The van der Waals surface area contributed by atoms with Crippen molar-refractivity contribution in [2.75, 3.05) is 20.0 Å². The third kappa shape index (κ3) is 3.71. The van der Waals surface area contributed by atoms with Gasteiger partial charge in [-0.3, -0.25) is 8.86 Å². The topological polar surface area (TPSA) is 70.4 Å². The molecule has 1 heterocycles.